The zero-order valence-electron chi connectivity index (χ0n) is 23.5. The predicted octanol–water partition coefficient (Wildman–Crippen LogP) is 6.28. The van der Waals surface area contributed by atoms with Gasteiger partial charge in [0.1, 0.15) is 16.8 Å². The molecule has 1 unspecified atom stereocenters. The number of fused-ring (bicyclic) bond motifs is 1. The molecule has 3 heterocycles. The molecule has 0 saturated heterocycles. The summed E-state index contributed by atoms with van der Waals surface area (Å²) in [6, 6.07) is 4.49. The van der Waals surface area contributed by atoms with E-state index in [-0.39, 0.29) is 6.04 Å². The molecule has 0 amide bonds. The molecule has 0 radical (unpaired) electrons. The molecule has 0 spiro atoms. The Labute approximate surface area is 226 Å². The molecular weight excluding hydrogens is 472 g/mol. The van der Waals surface area contributed by atoms with Crippen molar-refractivity contribution in [3.63, 3.8) is 0 Å². The van der Waals surface area contributed by atoms with Crippen LogP contribution in [0.3, 0.4) is 0 Å². The fourth-order valence-electron chi connectivity index (χ4n) is 5.76. The Hall–Kier alpha value is -2.98. The van der Waals surface area contributed by atoms with E-state index in [2.05, 4.69) is 48.7 Å². The lowest BCUT2D eigenvalue weighted by molar-refractivity contribution is 0.0692. The van der Waals surface area contributed by atoms with Gasteiger partial charge in [0.25, 0.3) is 0 Å². The molecule has 2 N–H and O–H groups in total. The minimum Gasteiger partial charge on any atom is -0.382 e. The number of imidazole rings is 1. The number of nitrogens with one attached hydrogen (secondary N) is 1. The first-order valence-corrected chi connectivity index (χ1v) is 14.3. The Morgan fingerprint density at radius 1 is 1.11 bits per heavy atom. The molecule has 7 nitrogen and oxygen atoms in total. The van der Waals surface area contributed by atoms with Crippen molar-refractivity contribution >= 4 is 17.0 Å². The van der Waals surface area contributed by atoms with Crippen LogP contribution < -0.4 is 5.32 Å². The molecule has 0 aromatic carbocycles. The highest BCUT2D eigenvalue weighted by Crippen LogP contribution is 2.37. The third-order valence-corrected chi connectivity index (χ3v) is 8.57. The molecule has 2 aliphatic carbocycles. The SMILES string of the molecule is C#CC1CCC(Cn2c(-c3cc(C(C)C)ccn3)nc3nc(C(C)(C)O)nc(NC(C)C4CCC4)c32)CC1. The van der Waals surface area contributed by atoms with Gasteiger partial charge in [-0.25, -0.2) is 15.0 Å². The predicted molar refractivity (Wildman–Crippen MR) is 153 cm³/mol. The van der Waals surface area contributed by atoms with Crippen molar-refractivity contribution < 1.29 is 5.11 Å². The van der Waals surface area contributed by atoms with E-state index in [4.69, 9.17) is 26.4 Å². The lowest BCUT2D eigenvalue weighted by Crippen LogP contribution is -2.32. The van der Waals surface area contributed by atoms with E-state index in [1.54, 1.807) is 13.8 Å². The van der Waals surface area contributed by atoms with Crippen molar-refractivity contribution in [1.82, 2.24) is 24.5 Å². The number of anilines is 1. The highest BCUT2D eigenvalue weighted by atomic mass is 16.3. The maximum Gasteiger partial charge on any atom is 0.184 e. The molecule has 3 aromatic rings. The van der Waals surface area contributed by atoms with Crippen LogP contribution in [0.5, 0.6) is 0 Å². The van der Waals surface area contributed by atoms with Crippen LogP contribution in [0.15, 0.2) is 18.3 Å². The average Bonchev–Trinajstić information content (AvgIpc) is 3.21. The first kappa shape index (κ1) is 26.6. The van der Waals surface area contributed by atoms with Gasteiger partial charge in [0.2, 0.25) is 0 Å². The minimum absolute atomic E-state index is 0.275. The summed E-state index contributed by atoms with van der Waals surface area (Å²) in [5, 5.41) is 14.6. The smallest absolute Gasteiger partial charge is 0.184 e. The molecule has 7 heteroatoms. The zero-order valence-corrected chi connectivity index (χ0v) is 23.5. The first-order valence-electron chi connectivity index (χ1n) is 14.3. The van der Waals surface area contributed by atoms with Crippen LogP contribution in [0.25, 0.3) is 22.7 Å². The molecule has 2 fully saturated rings. The van der Waals surface area contributed by atoms with E-state index in [9.17, 15) is 5.11 Å². The summed E-state index contributed by atoms with van der Waals surface area (Å²) < 4.78 is 2.28. The Bertz CT molecular complexity index is 1320. The fraction of sp³-hybridized carbons (Fsp3) is 0.613. The second kappa shape index (κ2) is 10.6. The van der Waals surface area contributed by atoms with Crippen molar-refractivity contribution in [2.45, 2.75) is 104 Å². The third kappa shape index (κ3) is 5.42. The van der Waals surface area contributed by atoms with Crippen molar-refractivity contribution in [3.8, 4) is 23.9 Å². The summed E-state index contributed by atoms with van der Waals surface area (Å²) >= 11 is 0. The van der Waals surface area contributed by atoms with Gasteiger partial charge in [0.05, 0.1) is 0 Å². The first-order chi connectivity index (χ1) is 18.1. The molecule has 202 valence electrons. The number of pyridine rings is 1. The lowest BCUT2D eigenvalue weighted by atomic mass is 9.80. The average molecular weight is 515 g/mol. The van der Waals surface area contributed by atoms with Crippen molar-refractivity contribution in [3.05, 3.63) is 29.7 Å². The number of rotatable bonds is 8. The normalized spacial score (nSPS) is 21.3. The van der Waals surface area contributed by atoms with Crippen LogP contribution in [-0.2, 0) is 12.1 Å². The summed E-state index contributed by atoms with van der Waals surface area (Å²) in [6.45, 7) is 10.9. The highest BCUT2D eigenvalue weighted by Gasteiger charge is 2.30. The van der Waals surface area contributed by atoms with Crippen LogP contribution in [0.1, 0.15) is 96.9 Å². The maximum atomic E-state index is 10.9. The quantitative estimate of drug-likeness (QED) is 0.344. The molecule has 2 saturated carbocycles. The zero-order chi connectivity index (χ0) is 27.0. The number of aliphatic hydroxyl groups is 1. The maximum absolute atomic E-state index is 10.9. The number of hydrogen-bond donors (Lipinski definition) is 2. The van der Waals surface area contributed by atoms with Crippen molar-refractivity contribution in [1.29, 1.82) is 0 Å². The summed E-state index contributed by atoms with van der Waals surface area (Å²) in [5.74, 6) is 6.79. The molecule has 0 aliphatic heterocycles. The van der Waals surface area contributed by atoms with E-state index in [0.29, 0.717) is 35.1 Å². The topological polar surface area (TPSA) is 88.8 Å². The second-order valence-corrected chi connectivity index (χ2v) is 12.3. The van der Waals surface area contributed by atoms with Crippen LogP contribution in [0, 0.1) is 30.1 Å². The number of terminal acetylenes is 1. The summed E-state index contributed by atoms with van der Waals surface area (Å²) in [6.07, 6.45) is 15.7. The number of aromatic nitrogens is 5. The van der Waals surface area contributed by atoms with Crippen molar-refractivity contribution in [2.75, 3.05) is 5.32 Å². The largest absolute Gasteiger partial charge is 0.382 e. The lowest BCUT2D eigenvalue weighted by Gasteiger charge is -2.32. The Kier molecular flexibility index (Phi) is 7.46. The van der Waals surface area contributed by atoms with Gasteiger partial charge in [-0.05, 0) is 94.7 Å². The van der Waals surface area contributed by atoms with Gasteiger partial charge in [-0.1, -0.05) is 20.3 Å². The second-order valence-electron chi connectivity index (χ2n) is 12.3. The summed E-state index contributed by atoms with van der Waals surface area (Å²) in [7, 11) is 0. The monoisotopic (exact) mass is 514 g/mol. The minimum atomic E-state index is -1.18. The Morgan fingerprint density at radius 2 is 1.84 bits per heavy atom. The van der Waals surface area contributed by atoms with E-state index in [1.165, 1.54) is 24.8 Å². The molecule has 2 aliphatic rings. The summed E-state index contributed by atoms with van der Waals surface area (Å²) in [4.78, 5) is 19.5. The van der Waals surface area contributed by atoms with E-state index in [0.717, 1.165) is 55.1 Å². The molecule has 3 aromatic heterocycles. The van der Waals surface area contributed by atoms with E-state index >= 15 is 0 Å². The Balaban J connectivity index is 1.66. The van der Waals surface area contributed by atoms with Gasteiger partial charge in [-0.3, -0.25) is 4.98 Å². The van der Waals surface area contributed by atoms with Crippen LogP contribution in [0.2, 0.25) is 0 Å². The Morgan fingerprint density at radius 3 is 2.45 bits per heavy atom. The molecule has 1 atom stereocenters. The van der Waals surface area contributed by atoms with Crippen molar-refractivity contribution in [2.24, 2.45) is 17.8 Å². The molecule has 0 bridgehead atoms. The van der Waals surface area contributed by atoms with Crippen LogP contribution in [0.4, 0.5) is 5.82 Å². The van der Waals surface area contributed by atoms with Gasteiger partial charge in [-0.15, -0.1) is 12.3 Å². The standard InChI is InChI=1S/C31H42N6O/c1-7-21-11-13-22(14-12-21)18-37-26-27(33-20(4)23-9-8-10-23)35-30(31(5,6)38)36-28(26)34-29(37)25-17-24(19(2)3)15-16-32-25/h1,15-17,19-23,38H,8-14,18H2,2-6H3,(H,33,35,36). The van der Waals surface area contributed by atoms with Crippen LogP contribution >= 0.6 is 0 Å². The van der Waals surface area contributed by atoms with E-state index < -0.39 is 5.60 Å². The van der Waals surface area contributed by atoms with Crippen LogP contribution in [-0.4, -0.2) is 35.7 Å². The van der Waals surface area contributed by atoms with Gasteiger partial charge >= 0.3 is 0 Å². The summed E-state index contributed by atoms with van der Waals surface area (Å²) in [5.41, 5.74) is 2.38. The van der Waals surface area contributed by atoms with E-state index in [1.807, 2.05) is 6.20 Å². The highest BCUT2D eigenvalue weighted by molar-refractivity contribution is 5.87. The van der Waals surface area contributed by atoms with Gasteiger partial charge < -0.3 is 15.0 Å². The van der Waals surface area contributed by atoms with Gasteiger partial charge in [0, 0.05) is 24.7 Å². The molecule has 38 heavy (non-hydrogen) atoms. The third-order valence-electron chi connectivity index (χ3n) is 8.57. The number of nitrogens with zero attached hydrogens (tertiary/aromatic N) is 5. The van der Waals surface area contributed by atoms with Gasteiger partial charge in [-0.2, -0.15) is 0 Å². The van der Waals surface area contributed by atoms with Gasteiger partial charge in [0.15, 0.2) is 23.1 Å². The molecular formula is C31H42N6O. The number of hydrogen-bond acceptors (Lipinski definition) is 6. The fourth-order valence-corrected chi connectivity index (χ4v) is 5.76. The molecule has 5 rings (SSSR count).